The molecular formula is C10H19NO. The first kappa shape index (κ1) is 8.52. The minimum absolute atomic E-state index is 0.288. The summed E-state index contributed by atoms with van der Waals surface area (Å²) in [5, 5.41) is 3.34. The summed E-state index contributed by atoms with van der Waals surface area (Å²) in [4.78, 5) is 0. The quantitative estimate of drug-likeness (QED) is 0.694. The number of nitrogens with one attached hydrogen (secondary N) is 1. The zero-order chi connectivity index (χ0) is 8.44. The highest BCUT2D eigenvalue weighted by atomic mass is 16.5. The fraction of sp³-hybridized carbons (Fsp3) is 1.00. The molecule has 1 N–H and O–H groups in total. The van der Waals surface area contributed by atoms with Crippen LogP contribution >= 0.6 is 0 Å². The average Bonchev–Trinajstić information content (AvgIpc) is 2.49. The predicted molar refractivity (Wildman–Crippen MR) is 49.2 cm³/mol. The van der Waals surface area contributed by atoms with Crippen molar-refractivity contribution in [2.45, 2.75) is 50.7 Å². The Morgan fingerprint density at radius 2 is 2.33 bits per heavy atom. The Kier molecular flexibility index (Phi) is 2.37. The zero-order valence-electron chi connectivity index (χ0n) is 7.94. The molecule has 0 aromatic rings. The van der Waals surface area contributed by atoms with Crippen LogP contribution in [0.5, 0.6) is 0 Å². The van der Waals surface area contributed by atoms with E-state index >= 15 is 0 Å². The normalized spacial score (nSPS) is 33.2. The van der Waals surface area contributed by atoms with Gasteiger partial charge in [0.05, 0.1) is 11.7 Å². The van der Waals surface area contributed by atoms with Crippen molar-refractivity contribution in [2.75, 3.05) is 13.1 Å². The lowest BCUT2D eigenvalue weighted by Gasteiger charge is -2.42. The maximum Gasteiger partial charge on any atom is 0.0719 e. The van der Waals surface area contributed by atoms with Crippen molar-refractivity contribution in [2.24, 2.45) is 0 Å². The van der Waals surface area contributed by atoms with Crippen LogP contribution in [-0.2, 0) is 4.74 Å². The van der Waals surface area contributed by atoms with Crippen LogP contribution in [0.4, 0.5) is 0 Å². The maximum absolute atomic E-state index is 6.12. The Bertz CT molecular complexity index is 142. The first-order valence-corrected chi connectivity index (χ1v) is 5.23. The van der Waals surface area contributed by atoms with Gasteiger partial charge in [0.2, 0.25) is 0 Å². The highest BCUT2D eigenvalue weighted by Gasteiger charge is 2.38. The Hall–Kier alpha value is -0.0800. The SMILES string of the molecule is CCC1(OC2CCNC2)CCC1. The van der Waals surface area contributed by atoms with Crippen LogP contribution in [0.1, 0.15) is 39.0 Å². The third kappa shape index (κ3) is 1.50. The number of hydrogen-bond acceptors (Lipinski definition) is 2. The molecule has 0 radical (unpaired) electrons. The molecule has 0 spiro atoms. The van der Waals surface area contributed by atoms with E-state index in [-0.39, 0.29) is 5.60 Å². The molecule has 1 heterocycles. The molecule has 0 aromatic carbocycles. The van der Waals surface area contributed by atoms with Crippen LogP contribution in [0.25, 0.3) is 0 Å². The van der Waals surface area contributed by atoms with Crippen molar-refractivity contribution < 1.29 is 4.74 Å². The molecule has 2 heteroatoms. The van der Waals surface area contributed by atoms with Crippen LogP contribution in [0.2, 0.25) is 0 Å². The van der Waals surface area contributed by atoms with Gasteiger partial charge in [-0.3, -0.25) is 0 Å². The summed E-state index contributed by atoms with van der Waals surface area (Å²) < 4.78 is 6.12. The summed E-state index contributed by atoms with van der Waals surface area (Å²) >= 11 is 0. The van der Waals surface area contributed by atoms with Gasteiger partial charge in [0.15, 0.2) is 0 Å². The van der Waals surface area contributed by atoms with Gasteiger partial charge in [-0.1, -0.05) is 6.92 Å². The molecule has 2 nitrogen and oxygen atoms in total. The molecule has 1 unspecified atom stereocenters. The molecule has 1 atom stereocenters. The van der Waals surface area contributed by atoms with Gasteiger partial charge in [-0.15, -0.1) is 0 Å². The Balaban J connectivity index is 1.83. The van der Waals surface area contributed by atoms with Gasteiger partial charge >= 0.3 is 0 Å². The van der Waals surface area contributed by atoms with Crippen LogP contribution in [0.3, 0.4) is 0 Å². The predicted octanol–water partition coefficient (Wildman–Crippen LogP) is 1.70. The van der Waals surface area contributed by atoms with Gasteiger partial charge in [0.1, 0.15) is 0 Å². The van der Waals surface area contributed by atoms with Crippen molar-refractivity contribution >= 4 is 0 Å². The van der Waals surface area contributed by atoms with Crippen molar-refractivity contribution in [1.82, 2.24) is 5.32 Å². The van der Waals surface area contributed by atoms with Crippen LogP contribution < -0.4 is 5.32 Å². The smallest absolute Gasteiger partial charge is 0.0719 e. The summed E-state index contributed by atoms with van der Waals surface area (Å²) in [5.74, 6) is 0. The molecule has 12 heavy (non-hydrogen) atoms. The van der Waals surface area contributed by atoms with E-state index in [0.29, 0.717) is 6.10 Å². The number of hydrogen-bond donors (Lipinski definition) is 1. The summed E-state index contributed by atoms with van der Waals surface area (Å²) in [6.07, 6.45) is 6.87. The van der Waals surface area contributed by atoms with Crippen molar-refractivity contribution in [1.29, 1.82) is 0 Å². The minimum Gasteiger partial charge on any atom is -0.370 e. The highest BCUT2D eigenvalue weighted by molar-refractivity contribution is 4.90. The van der Waals surface area contributed by atoms with E-state index in [2.05, 4.69) is 12.2 Å². The third-order valence-corrected chi connectivity index (χ3v) is 3.34. The average molecular weight is 169 g/mol. The second-order valence-electron chi connectivity index (χ2n) is 4.12. The molecule has 1 saturated heterocycles. The van der Waals surface area contributed by atoms with Gasteiger partial charge in [-0.2, -0.15) is 0 Å². The van der Waals surface area contributed by atoms with Gasteiger partial charge in [0.25, 0.3) is 0 Å². The van der Waals surface area contributed by atoms with E-state index in [1.54, 1.807) is 0 Å². The lowest BCUT2D eigenvalue weighted by atomic mass is 9.78. The number of ether oxygens (including phenoxy) is 1. The molecule has 1 aliphatic carbocycles. The first-order chi connectivity index (χ1) is 5.85. The molecule has 1 saturated carbocycles. The largest absolute Gasteiger partial charge is 0.370 e. The van der Waals surface area contributed by atoms with Gasteiger partial charge in [-0.05, 0) is 38.6 Å². The van der Waals surface area contributed by atoms with E-state index in [0.717, 1.165) is 13.1 Å². The minimum atomic E-state index is 0.288. The summed E-state index contributed by atoms with van der Waals surface area (Å²) in [6.45, 7) is 4.47. The van der Waals surface area contributed by atoms with E-state index in [1.807, 2.05) is 0 Å². The second kappa shape index (κ2) is 3.35. The molecule has 2 rings (SSSR count). The summed E-state index contributed by atoms with van der Waals surface area (Å²) in [5.41, 5.74) is 0.288. The summed E-state index contributed by atoms with van der Waals surface area (Å²) in [6, 6.07) is 0. The molecule has 0 aromatic heterocycles. The molecule has 0 amide bonds. The standard InChI is InChI=1S/C10H19NO/c1-2-10(5-3-6-10)12-9-4-7-11-8-9/h9,11H,2-8H2,1H3. The molecule has 0 bridgehead atoms. The Morgan fingerprint density at radius 1 is 1.50 bits per heavy atom. The summed E-state index contributed by atoms with van der Waals surface area (Å²) in [7, 11) is 0. The van der Waals surface area contributed by atoms with E-state index in [9.17, 15) is 0 Å². The van der Waals surface area contributed by atoms with Crippen molar-refractivity contribution in [3.05, 3.63) is 0 Å². The zero-order valence-corrected chi connectivity index (χ0v) is 7.94. The van der Waals surface area contributed by atoms with Crippen molar-refractivity contribution in [3.63, 3.8) is 0 Å². The second-order valence-corrected chi connectivity index (χ2v) is 4.12. The van der Waals surface area contributed by atoms with Gasteiger partial charge in [0, 0.05) is 6.54 Å². The molecule has 2 aliphatic rings. The lowest BCUT2D eigenvalue weighted by molar-refractivity contribution is -0.134. The fourth-order valence-corrected chi connectivity index (χ4v) is 2.21. The van der Waals surface area contributed by atoms with E-state index in [4.69, 9.17) is 4.74 Å². The lowest BCUT2D eigenvalue weighted by Crippen LogP contribution is -2.43. The molecular weight excluding hydrogens is 150 g/mol. The van der Waals surface area contributed by atoms with E-state index in [1.165, 1.54) is 32.1 Å². The van der Waals surface area contributed by atoms with Gasteiger partial charge < -0.3 is 10.1 Å². The molecule has 2 fully saturated rings. The van der Waals surface area contributed by atoms with Crippen LogP contribution in [0, 0.1) is 0 Å². The van der Waals surface area contributed by atoms with Crippen LogP contribution in [-0.4, -0.2) is 24.8 Å². The Labute approximate surface area is 74.7 Å². The molecule has 70 valence electrons. The highest BCUT2D eigenvalue weighted by Crippen LogP contribution is 2.39. The first-order valence-electron chi connectivity index (χ1n) is 5.23. The topological polar surface area (TPSA) is 21.3 Å². The fourth-order valence-electron chi connectivity index (χ4n) is 2.21. The monoisotopic (exact) mass is 169 g/mol. The third-order valence-electron chi connectivity index (χ3n) is 3.34. The van der Waals surface area contributed by atoms with Gasteiger partial charge in [-0.25, -0.2) is 0 Å². The number of rotatable bonds is 3. The maximum atomic E-state index is 6.12. The Morgan fingerprint density at radius 3 is 2.75 bits per heavy atom. The van der Waals surface area contributed by atoms with E-state index < -0.39 is 0 Å². The van der Waals surface area contributed by atoms with Crippen molar-refractivity contribution in [3.8, 4) is 0 Å². The van der Waals surface area contributed by atoms with Crippen LogP contribution in [0.15, 0.2) is 0 Å². The molecule has 1 aliphatic heterocycles.